The van der Waals surface area contributed by atoms with Gasteiger partial charge in [-0.25, -0.2) is 9.97 Å². The molecule has 0 fully saturated rings. The van der Waals surface area contributed by atoms with E-state index in [4.69, 9.17) is 5.73 Å². The van der Waals surface area contributed by atoms with Gasteiger partial charge in [0, 0.05) is 11.8 Å². The summed E-state index contributed by atoms with van der Waals surface area (Å²) in [5.74, 6) is 0.0146. The fraction of sp³-hybridized carbons (Fsp3) is 0.214. The number of nitrogens with zero attached hydrogens (tertiary/aromatic N) is 3. The zero-order chi connectivity index (χ0) is 15.5. The lowest BCUT2D eigenvalue weighted by Crippen LogP contribution is -2.09. The van der Waals surface area contributed by atoms with Crippen molar-refractivity contribution in [1.82, 2.24) is 9.97 Å². The predicted octanol–water partition coefficient (Wildman–Crippen LogP) is 3.34. The van der Waals surface area contributed by atoms with Gasteiger partial charge >= 0.3 is 6.18 Å². The Bertz CT molecular complexity index is 666. The van der Waals surface area contributed by atoms with Crippen LogP contribution in [0.4, 0.5) is 19.1 Å². The first-order valence-electron chi connectivity index (χ1n) is 6.15. The third-order valence-electron chi connectivity index (χ3n) is 2.83. The van der Waals surface area contributed by atoms with Gasteiger partial charge < -0.3 is 5.73 Å². The second-order valence-electron chi connectivity index (χ2n) is 4.27. The van der Waals surface area contributed by atoms with E-state index in [0.717, 1.165) is 6.07 Å². The minimum atomic E-state index is -4.45. The highest BCUT2D eigenvalue weighted by Crippen LogP contribution is 2.35. The molecule has 4 nitrogen and oxygen atoms in total. The van der Waals surface area contributed by atoms with Gasteiger partial charge in [-0.1, -0.05) is 12.1 Å². The van der Waals surface area contributed by atoms with Crippen LogP contribution in [0.3, 0.4) is 0 Å². The van der Waals surface area contributed by atoms with Crippen LogP contribution >= 0.6 is 0 Å². The molecule has 2 N–H and O–H groups in total. The molecule has 110 valence electrons. The lowest BCUT2D eigenvalue weighted by Gasteiger charge is -2.13. The molecule has 0 radical (unpaired) electrons. The third kappa shape index (κ3) is 3.56. The van der Waals surface area contributed by atoms with Gasteiger partial charge in [-0.3, -0.25) is 4.99 Å². The quantitative estimate of drug-likeness (QED) is 0.883. The Kier molecular flexibility index (Phi) is 4.21. The van der Waals surface area contributed by atoms with Crippen molar-refractivity contribution in [1.29, 1.82) is 0 Å². The molecule has 0 aliphatic carbocycles. The number of nitrogens with two attached hydrogens (primary N) is 1. The number of nitrogen functional groups attached to an aromatic ring is 1. The molecule has 0 amide bonds. The van der Waals surface area contributed by atoms with E-state index in [1.165, 1.54) is 24.5 Å². The first-order chi connectivity index (χ1) is 9.91. The normalized spacial score (nSPS) is 12.0. The molecular formula is C14H13F3N4. The molecule has 1 heterocycles. The average Bonchev–Trinajstić information content (AvgIpc) is 2.44. The summed E-state index contributed by atoms with van der Waals surface area (Å²) in [6, 6.07) is 5.54. The Hall–Kier alpha value is -2.44. The van der Waals surface area contributed by atoms with Gasteiger partial charge in [0.1, 0.15) is 0 Å². The molecule has 1 aromatic carbocycles. The predicted molar refractivity (Wildman–Crippen MR) is 74.8 cm³/mol. The fourth-order valence-electron chi connectivity index (χ4n) is 1.86. The number of halogens is 3. The first-order valence-corrected chi connectivity index (χ1v) is 6.15. The monoisotopic (exact) mass is 294 g/mol. The molecule has 21 heavy (non-hydrogen) atoms. The summed E-state index contributed by atoms with van der Waals surface area (Å²) in [7, 11) is 0. The van der Waals surface area contributed by atoms with Gasteiger partial charge in [0.15, 0.2) is 0 Å². The molecule has 0 bridgehead atoms. The molecule has 0 saturated carbocycles. The summed E-state index contributed by atoms with van der Waals surface area (Å²) < 4.78 is 39.4. The summed E-state index contributed by atoms with van der Waals surface area (Å²) in [6.45, 7) is 1.64. The van der Waals surface area contributed by atoms with Gasteiger partial charge in [0.2, 0.25) is 5.95 Å². The van der Waals surface area contributed by atoms with Crippen molar-refractivity contribution in [2.45, 2.75) is 19.6 Å². The number of benzene rings is 1. The van der Waals surface area contributed by atoms with Crippen LogP contribution < -0.4 is 5.73 Å². The standard InChI is InChI=1S/C14H13F3N4/c1-2-19-8-10-4-3-9(7-11(10)14(15,16)17)12-5-6-20-13(18)21-12/h2-7H,8H2,1H3,(H2,18,20,21). The average molecular weight is 294 g/mol. The van der Waals surface area contributed by atoms with Gasteiger partial charge in [0.05, 0.1) is 17.8 Å². The number of anilines is 1. The van der Waals surface area contributed by atoms with E-state index in [0.29, 0.717) is 11.3 Å². The molecule has 7 heteroatoms. The molecule has 0 saturated heterocycles. The summed E-state index contributed by atoms with van der Waals surface area (Å²) in [5.41, 5.74) is 5.53. The number of aliphatic imine (C=N–C) groups is 1. The molecular weight excluding hydrogens is 281 g/mol. The maximum atomic E-state index is 13.1. The van der Waals surface area contributed by atoms with Crippen LogP contribution in [0, 0.1) is 0 Å². The first kappa shape index (κ1) is 15.0. The molecule has 2 rings (SSSR count). The van der Waals surface area contributed by atoms with Crippen LogP contribution in [0.5, 0.6) is 0 Å². The van der Waals surface area contributed by atoms with Crippen LogP contribution in [0.1, 0.15) is 18.1 Å². The van der Waals surface area contributed by atoms with E-state index in [-0.39, 0.29) is 18.1 Å². The molecule has 0 aliphatic heterocycles. The summed E-state index contributed by atoms with van der Waals surface area (Å²) in [6.07, 6.45) is -1.58. The van der Waals surface area contributed by atoms with Gasteiger partial charge in [-0.15, -0.1) is 0 Å². The minimum absolute atomic E-state index is 0.0146. The van der Waals surface area contributed by atoms with Crippen LogP contribution in [0.25, 0.3) is 11.3 Å². The van der Waals surface area contributed by atoms with Crippen molar-refractivity contribution >= 4 is 12.2 Å². The number of hydrogen-bond acceptors (Lipinski definition) is 4. The van der Waals surface area contributed by atoms with Gasteiger partial charge in [-0.05, 0) is 30.8 Å². The lowest BCUT2D eigenvalue weighted by atomic mass is 10.0. The molecule has 2 aromatic rings. The van der Waals surface area contributed by atoms with E-state index >= 15 is 0 Å². The number of alkyl halides is 3. The molecule has 0 unspecified atom stereocenters. The zero-order valence-corrected chi connectivity index (χ0v) is 11.2. The summed E-state index contributed by atoms with van der Waals surface area (Å²) >= 11 is 0. The SMILES string of the molecule is CC=NCc1ccc(-c2ccnc(N)n2)cc1C(F)(F)F. The zero-order valence-electron chi connectivity index (χ0n) is 11.2. The fourth-order valence-corrected chi connectivity index (χ4v) is 1.86. The van der Waals surface area contributed by atoms with Gasteiger partial charge in [-0.2, -0.15) is 13.2 Å². The second kappa shape index (κ2) is 5.90. The maximum Gasteiger partial charge on any atom is 0.416 e. The molecule has 0 aliphatic rings. The molecule has 0 atom stereocenters. The van der Waals surface area contributed by atoms with Crippen molar-refractivity contribution in [3.63, 3.8) is 0 Å². The van der Waals surface area contributed by atoms with Crippen LogP contribution in [-0.2, 0) is 12.7 Å². The van der Waals surface area contributed by atoms with Crippen LogP contribution in [0.2, 0.25) is 0 Å². The van der Waals surface area contributed by atoms with Crippen LogP contribution in [0.15, 0.2) is 35.5 Å². The Morgan fingerprint density at radius 3 is 2.67 bits per heavy atom. The summed E-state index contributed by atoms with van der Waals surface area (Å²) in [4.78, 5) is 11.5. The highest BCUT2D eigenvalue weighted by molar-refractivity contribution is 5.62. The smallest absolute Gasteiger partial charge is 0.368 e. The second-order valence-corrected chi connectivity index (χ2v) is 4.27. The number of rotatable bonds is 3. The highest BCUT2D eigenvalue weighted by atomic mass is 19.4. The molecule has 1 aromatic heterocycles. The minimum Gasteiger partial charge on any atom is -0.368 e. The van der Waals surface area contributed by atoms with E-state index < -0.39 is 11.7 Å². The maximum absolute atomic E-state index is 13.1. The lowest BCUT2D eigenvalue weighted by molar-refractivity contribution is -0.138. The number of aromatic nitrogens is 2. The number of hydrogen-bond donors (Lipinski definition) is 1. The Morgan fingerprint density at radius 1 is 1.29 bits per heavy atom. The Morgan fingerprint density at radius 2 is 2.05 bits per heavy atom. The van der Waals surface area contributed by atoms with E-state index in [9.17, 15) is 13.2 Å². The van der Waals surface area contributed by atoms with Crippen molar-refractivity contribution in [3.8, 4) is 11.3 Å². The molecule has 0 spiro atoms. The Balaban J connectivity index is 2.51. The largest absolute Gasteiger partial charge is 0.416 e. The van der Waals surface area contributed by atoms with Gasteiger partial charge in [0.25, 0.3) is 0 Å². The highest BCUT2D eigenvalue weighted by Gasteiger charge is 2.33. The van der Waals surface area contributed by atoms with Crippen molar-refractivity contribution < 1.29 is 13.2 Å². The third-order valence-corrected chi connectivity index (χ3v) is 2.83. The van der Waals surface area contributed by atoms with Crippen molar-refractivity contribution in [2.24, 2.45) is 4.99 Å². The van der Waals surface area contributed by atoms with E-state index in [1.54, 1.807) is 13.0 Å². The summed E-state index contributed by atoms with van der Waals surface area (Å²) in [5, 5.41) is 0. The van der Waals surface area contributed by atoms with E-state index in [1.807, 2.05) is 0 Å². The van der Waals surface area contributed by atoms with Crippen LogP contribution in [-0.4, -0.2) is 16.2 Å². The van der Waals surface area contributed by atoms with Crippen molar-refractivity contribution in [2.75, 3.05) is 5.73 Å². The van der Waals surface area contributed by atoms with E-state index in [2.05, 4.69) is 15.0 Å². The van der Waals surface area contributed by atoms with Crippen molar-refractivity contribution in [3.05, 3.63) is 41.6 Å². The topological polar surface area (TPSA) is 64.2 Å². The Labute approximate surface area is 119 Å².